The summed E-state index contributed by atoms with van der Waals surface area (Å²) in [4.78, 5) is 13.6. The standard InChI is InChI=1S/C16H31N5/c1-6-7-21(9-8-20(4)5)16-13-18-15(12-19-16)11-17-10-14(2)3/h12-14,17H,6-11H2,1-5H3. The van der Waals surface area contributed by atoms with Crippen LogP contribution in [0.5, 0.6) is 0 Å². The number of nitrogens with zero attached hydrogens (tertiary/aromatic N) is 4. The summed E-state index contributed by atoms with van der Waals surface area (Å²) in [5, 5.41) is 3.39. The van der Waals surface area contributed by atoms with E-state index in [1.165, 1.54) is 0 Å². The van der Waals surface area contributed by atoms with Crippen LogP contribution in [0.15, 0.2) is 12.4 Å². The summed E-state index contributed by atoms with van der Waals surface area (Å²) in [5.74, 6) is 1.63. The van der Waals surface area contributed by atoms with Gasteiger partial charge in [0.15, 0.2) is 0 Å². The minimum Gasteiger partial charge on any atom is -0.354 e. The van der Waals surface area contributed by atoms with Gasteiger partial charge in [0.2, 0.25) is 0 Å². The molecule has 21 heavy (non-hydrogen) atoms. The van der Waals surface area contributed by atoms with E-state index in [0.29, 0.717) is 5.92 Å². The van der Waals surface area contributed by atoms with E-state index >= 15 is 0 Å². The lowest BCUT2D eigenvalue weighted by Gasteiger charge is -2.24. The van der Waals surface area contributed by atoms with Crippen molar-refractivity contribution in [3.05, 3.63) is 18.1 Å². The molecule has 1 N–H and O–H groups in total. The van der Waals surface area contributed by atoms with Crippen molar-refractivity contribution in [1.29, 1.82) is 0 Å². The van der Waals surface area contributed by atoms with Crippen LogP contribution in [0.2, 0.25) is 0 Å². The Morgan fingerprint density at radius 2 is 1.86 bits per heavy atom. The van der Waals surface area contributed by atoms with Crippen molar-refractivity contribution in [2.45, 2.75) is 33.7 Å². The van der Waals surface area contributed by atoms with E-state index in [2.05, 4.69) is 60.0 Å². The molecular weight excluding hydrogens is 262 g/mol. The minimum atomic E-state index is 0.656. The van der Waals surface area contributed by atoms with Crippen LogP contribution in [0.1, 0.15) is 32.9 Å². The monoisotopic (exact) mass is 293 g/mol. The van der Waals surface area contributed by atoms with E-state index < -0.39 is 0 Å². The Kier molecular flexibility index (Phi) is 8.23. The van der Waals surface area contributed by atoms with Crippen LogP contribution in [-0.2, 0) is 6.54 Å². The third kappa shape index (κ3) is 7.39. The van der Waals surface area contributed by atoms with Gasteiger partial charge in [0.05, 0.1) is 18.1 Å². The van der Waals surface area contributed by atoms with Gasteiger partial charge in [-0.1, -0.05) is 20.8 Å². The highest BCUT2D eigenvalue weighted by Crippen LogP contribution is 2.09. The van der Waals surface area contributed by atoms with E-state index in [1.54, 1.807) is 0 Å². The van der Waals surface area contributed by atoms with Crippen molar-refractivity contribution < 1.29 is 0 Å². The summed E-state index contributed by atoms with van der Waals surface area (Å²) < 4.78 is 0. The molecule has 0 unspecified atom stereocenters. The second kappa shape index (κ2) is 9.68. The van der Waals surface area contributed by atoms with Gasteiger partial charge in [-0.2, -0.15) is 0 Å². The molecule has 0 saturated heterocycles. The first-order valence-corrected chi connectivity index (χ1v) is 7.94. The van der Waals surface area contributed by atoms with Crippen molar-refractivity contribution in [1.82, 2.24) is 20.2 Å². The maximum absolute atomic E-state index is 4.58. The van der Waals surface area contributed by atoms with Gasteiger partial charge in [-0.15, -0.1) is 0 Å². The maximum atomic E-state index is 4.58. The topological polar surface area (TPSA) is 44.3 Å². The highest BCUT2D eigenvalue weighted by Gasteiger charge is 2.08. The van der Waals surface area contributed by atoms with Crippen LogP contribution in [0.25, 0.3) is 0 Å². The molecule has 0 bridgehead atoms. The number of hydrogen-bond donors (Lipinski definition) is 1. The smallest absolute Gasteiger partial charge is 0.147 e. The van der Waals surface area contributed by atoms with Crippen LogP contribution in [0, 0.1) is 5.92 Å². The van der Waals surface area contributed by atoms with Gasteiger partial charge in [-0.05, 0) is 33.0 Å². The van der Waals surface area contributed by atoms with Gasteiger partial charge < -0.3 is 15.1 Å². The fraction of sp³-hybridized carbons (Fsp3) is 0.750. The number of hydrogen-bond acceptors (Lipinski definition) is 5. The Morgan fingerprint density at radius 3 is 2.38 bits per heavy atom. The molecule has 1 heterocycles. The summed E-state index contributed by atoms with van der Waals surface area (Å²) in [6.07, 6.45) is 4.91. The van der Waals surface area contributed by atoms with E-state index in [0.717, 1.165) is 50.7 Å². The number of anilines is 1. The van der Waals surface area contributed by atoms with Crippen molar-refractivity contribution >= 4 is 5.82 Å². The molecule has 5 heteroatoms. The van der Waals surface area contributed by atoms with E-state index in [-0.39, 0.29) is 0 Å². The largest absolute Gasteiger partial charge is 0.354 e. The summed E-state index contributed by atoms with van der Waals surface area (Å²) in [5.41, 5.74) is 1.00. The lowest BCUT2D eigenvalue weighted by Crippen LogP contribution is -2.33. The molecule has 1 rings (SSSR count). The van der Waals surface area contributed by atoms with Gasteiger partial charge in [-0.3, -0.25) is 4.98 Å². The fourth-order valence-corrected chi connectivity index (χ4v) is 2.02. The van der Waals surface area contributed by atoms with Crippen molar-refractivity contribution in [3.63, 3.8) is 0 Å². The molecule has 1 aromatic heterocycles. The SMILES string of the molecule is CCCN(CCN(C)C)c1cnc(CNCC(C)C)cn1. The van der Waals surface area contributed by atoms with Crippen LogP contribution in [0.4, 0.5) is 5.82 Å². The molecule has 0 amide bonds. The van der Waals surface area contributed by atoms with Crippen LogP contribution in [-0.4, -0.2) is 55.1 Å². The molecule has 0 atom stereocenters. The summed E-state index contributed by atoms with van der Waals surface area (Å²) in [6.45, 7) is 11.4. The predicted octanol–water partition coefficient (Wildman–Crippen LogP) is 2.00. The maximum Gasteiger partial charge on any atom is 0.147 e. The number of rotatable bonds is 10. The molecule has 0 aliphatic carbocycles. The van der Waals surface area contributed by atoms with E-state index in [1.807, 2.05) is 12.4 Å². The minimum absolute atomic E-state index is 0.656. The van der Waals surface area contributed by atoms with Crippen LogP contribution < -0.4 is 10.2 Å². The van der Waals surface area contributed by atoms with Gasteiger partial charge in [0.1, 0.15) is 5.82 Å². The average molecular weight is 293 g/mol. The molecule has 0 radical (unpaired) electrons. The molecular formula is C16H31N5. The Balaban J connectivity index is 2.55. The molecule has 0 aromatic carbocycles. The quantitative estimate of drug-likeness (QED) is 0.715. The number of likely N-dealkylation sites (N-methyl/N-ethyl adjacent to an activating group) is 1. The number of aromatic nitrogens is 2. The Hall–Kier alpha value is -1.20. The third-order valence-corrected chi connectivity index (χ3v) is 3.19. The second-order valence-electron chi connectivity index (χ2n) is 6.18. The van der Waals surface area contributed by atoms with Crippen LogP contribution in [0.3, 0.4) is 0 Å². The molecule has 0 fully saturated rings. The molecule has 0 aliphatic rings. The molecule has 120 valence electrons. The van der Waals surface area contributed by atoms with E-state index in [9.17, 15) is 0 Å². The van der Waals surface area contributed by atoms with Crippen molar-refractivity contribution in [2.75, 3.05) is 45.2 Å². The van der Waals surface area contributed by atoms with Crippen molar-refractivity contribution in [3.8, 4) is 0 Å². The average Bonchev–Trinajstić information content (AvgIpc) is 2.44. The second-order valence-corrected chi connectivity index (χ2v) is 6.18. The summed E-state index contributed by atoms with van der Waals surface area (Å²) in [7, 11) is 4.19. The summed E-state index contributed by atoms with van der Waals surface area (Å²) >= 11 is 0. The molecule has 0 spiro atoms. The Bertz CT molecular complexity index is 375. The lowest BCUT2D eigenvalue weighted by molar-refractivity contribution is 0.412. The first-order valence-electron chi connectivity index (χ1n) is 7.94. The van der Waals surface area contributed by atoms with Gasteiger partial charge in [0, 0.05) is 26.2 Å². The molecule has 5 nitrogen and oxygen atoms in total. The highest BCUT2D eigenvalue weighted by atomic mass is 15.2. The molecule has 1 aromatic rings. The Morgan fingerprint density at radius 1 is 1.10 bits per heavy atom. The predicted molar refractivity (Wildman–Crippen MR) is 89.6 cm³/mol. The Labute approximate surface area is 129 Å². The lowest BCUT2D eigenvalue weighted by atomic mass is 10.2. The zero-order chi connectivity index (χ0) is 15.7. The van der Waals surface area contributed by atoms with Crippen molar-refractivity contribution in [2.24, 2.45) is 5.92 Å². The van der Waals surface area contributed by atoms with E-state index in [4.69, 9.17) is 0 Å². The van der Waals surface area contributed by atoms with Crippen LogP contribution >= 0.6 is 0 Å². The zero-order valence-corrected chi connectivity index (χ0v) is 14.3. The third-order valence-electron chi connectivity index (χ3n) is 3.19. The fourth-order valence-electron chi connectivity index (χ4n) is 2.02. The van der Waals surface area contributed by atoms with Gasteiger partial charge in [-0.25, -0.2) is 4.98 Å². The highest BCUT2D eigenvalue weighted by molar-refractivity contribution is 5.35. The van der Waals surface area contributed by atoms with Gasteiger partial charge >= 0.3 is 0 Å². The first kappa shape index (κ1) is 17.9. The first-order chi connectivity index (χ1) is 10.0. The summed E-state index contributed by atoms with van der Waals surface area (Å²) in [6, 6.07) is 0. The molecule has 0 saturated carbocycles. The van der Waals surface area contributed by atoms with Gasteiger partial charge in [0.25, 0.3) is 0 Å². The normalized spacial score (nSPS) is 11.4. The zero-order valence-electron chi connectivity index (χ0n) is 14.3. The number of nitrogens with one attached hydrogen (secondary N) is 1. The molecule has 0 aliphatic heterocycles.